The van der Waals surface area contributed by atoms with Gasteiger partial charge in [0, 0.05) is 45.0 Å². The highest BCUT2D eigenvalue weighted by molar-refractivity contribution is 5.80. The number of aromatic nitrogens is 2. The zero-order valence-electron chi connectivity index (χ0n) is 16.7. The van der Waals surface area contributed by atoms with E-state index >= 15 is 0 Å². The summed E-state index contributed by atoms with van der Waals surface area (Å²) in [6.07, 6.45) is 4.07. The largest absolute Gasteiger partial charge is 0.357 e. The first-order chi connectivity index (χ1) is 13.2. The molecule has 0 spiro atoms. The fourth-order valence-corrected chi connectivity index (χ4v) is 3.63. The SMILES string of the molecule is CCNC(=NCc1ccnn1C)NC1CCN(Cc2ccccc2)C(C)C1. The zero-order valence-corrected chi connectivity index (χ0v) is 16.7. The molecule has 2 unspecified atom stereocenters. The van der Waals surface area contributed by atoms with Crippen LogP contribution in [0.4, 0.5) is 0 Å². The number of aliphatic imine (C=N–C) groups is 1. The summed E-state index contributed by atoms with van der Waals surface area (Å²) in [6, 6.07) is 13.8. The third-order valence-electron chi connectivity index (χ3n) is 5.25. The van der Waals surface area contributed by atoms with Crippen molar-refractivity contribution in [2.75, 3.05) is 13.1 Å². The average Bonchev–Trinajstić information content (AvgIpc) is 3.08. The number of guanidine groups is 1. The fraction of sp³-hybridized carbons (Fsp3) is 0.524. The van der Waals surface area contributed by atoms with E-state index in [2.05, 4.69) is 64.8 Å². The number of hydrogen-bond donors (Lipinski definition) is 2. The minimum absolute atomic E-state index is 0.455. The first kappa shape index (κ1) is 19.4. The van der Waals surface area contributed by atoms with Gasteiger partial charge in [-0.1, -0.05) is 30.3 Å². The van der Waals surface area contributed by atoms with E-state index in [-0.39, 0.29) is 0 Å². The molecule has 0 amide bonds. The van der Waals surface area contributed by atoms with Crippen molar-refractivity contribution in [2.45, 2.75) is 51.9 Å². The van der Waals surface area contributed by atoms with E-state index in [9.17, 15) is 0 Å². The van der Waals surface area contributed by atoms with Crippen molar-refractivity contribution < 1.29 is 0 Å². The van der Waals surface area contributed by atoms with Crippen LogP contribution in [0.5, 0.6) is 0 Å². The lowest BCUT2D eigenvalue weighted by molar-refractivity contribution is 0.134. The molecule has 1 aromatic heterocycles. The average molecular weight is 369 g/mol. The second kappa shape index (κ2) is 9.55. The van der Waals surface area contributed by atoms with Gasteiger partial charge in [-0.25, -0.2) is 4.99 Å². The Labute approximate surface area is 162 Å². The fourth-order valence-electron chi connectivity index (χ4n) is 3.63. The summed E-state index contributed by atoms with van der Waals surface area (Å²) in [4.78, 5) is 7.32. The van der Waals surface area contributed by atoms with Crippen molar-refractivity contribution in [2.24, 2.45) is 12.0 Å². The molecule has 0 bridgehead atoms. The highest BCUT2D eigenvalue weighted by atomic mass is 15.3. The molecule has 6 heteroatoms. The van der Waals surface area contributed by atoms with E-state index in [0.29, 0.717) is 18.6 Å². The third-order valence-corrected chi connectivity index (χ3v) is 5.25. The van der Waals surface area contributed by atoms with Gasteiger partial charge in [-0.3, -0.25) is 9.58 Å². The van der Waals surface area contributed by atoms with Gasteiger partial charge < -0.3 is 10.6 Å². The van der Waals surface area contributed by atoms with E-state index in [4.69, 9.17) is 4.99 Å². The van der Waals surface area contributed by atoms with Gasteiger partial charge in [-0.2, -0.15) is 5.10 Å². The van der Waals surface area contributed by atoms with Crippen LogP contribution < -0.4 is 10.6 Å². The second-order valence-corrected chi connectivity index (χ2v) is 7.31. The molecule has 27 heavy (non-hydrogen) atoms. The summed E-state index contributed by atoms with van der Waals surface area (Å²) in [5.74, 6) is 0.896. The Morgan fingerprint density at radius 1 is 1.26 bits per heavy atom. The number of hydrogen-bond acceptors (Lipinski definition) is 3. The second-order valence-electron chi connectivity index (χ2n) is 7.31. The normalized spacial score (nSPS) is 21.2. The maximum absolute atomic E-state index is 4.74. The Hall–Kier alpha value is -2.34. The first-order valence-electron chi connectivity index (χ1n) is 9.95. The predicted molar refractivity (Wildman–Crippen MR) is 110 cm³/mol. The summed E-state index contributed by atoms with van der Waals surface area (Å²) in [7, 11) is 1.95. The number of aryl methyl sites for hydroxylation is 1. The van der Waals surface area contributed by atoms with Gasteiger partial charge in [0.1, 0.15) is 0 Å². The lowest BCUT2D eigenvalue weighted by Gasteiger charge is -2.38. The van der Waals surface area contributed by atoms with Crippen LogP contribution in [0.2, 0.25) is 0 Å². The molecule has 2 aromatic rings. The number of benzene rings is 1. The van der Waals surface area contributed by atoms with Gasteiger partial charge in [-0.05, 0) is 38.3 Å². The maximum Gasteiger partial charge on any atom is 0.191 e. The minimum Gasteiger partial charge on any atom is -0.357 e. The van der Waals surface area contributed by atoms with Crippen LogP contribution >= 0.6 is 0 Å². The van der Waals surface area contributed by atoms with Gasteiger partial charge in [-0.15, -0.1) is 0 Å². The lowest BCUT2D eigenvalue weighted by Crippen LogP contribution is -2.51. The summed E-state index contributed by atoms with van der Waals surface area (Å²) in [5, 5.41) is 11.2. The summed E-state index contributed by atoms with van der Waals surface area (Å²) >= 11 is 0. The van der Waals surface area contributed by atoms with Gasteiger partial charge in [0.05, 0.1) is 12.2 Å². The molecule has 6 nitrogen and oxygen atoms in total. The molecule has 0 aliphatic carbocycles. The molecular formula is C21H32N6. The van der Waals surface area contributed by atoms with Crippen LogP contribution in [0.3, 0.4) is 0 Å². The van der Waals surface area contributed by atoms with Crippen molar-refractivity contribution in [1.82, 2.24) is 25.3 Å². The molecular weight excluding hydrogens is 336 g/mol. The quantitative estimate of drug-likeness (QED) is 0.608. The van der Waals surface area contributed by atoms with E-state index in [1.54, 1.807) is 0 Å². The van der Waals surface area contributed by atoms with Gasteiger partial charge in [0.15, 0.2) is 5.96 Å². The van der Waals surface area contributed by atoms with E-state index < -0.39 is 0 Å². The van der Waals surface area contributed by atoms with Crippen LogP contribution in [-0.2, 0) is 20.1 Å². The van der Waals surface area contributed by atoms with E-state index in [1.807, 2.05) is 24.0 Å². The Balaban J connectivity index is 1.54. The van der Waals surface area contributed by atoms with Crippen LogP contribution in [0.15, 0.2) is 47.6 Å². The molecule has 146 valence electrons. The first-order valence-corrected chi connectivity index (χ1v) is 9.95. The van der Waals surface area contributed by atoms with Crippen LogP contribution in [0.25, 0.3) is 0 Å². The van der Waals surface area contributed by atoms with Crippen molar-refractivity contribution in [3.8, 4) is 0 Å². The van der Waals surface area contributed by atoms with Gasteiger partial charge >= 0.3 is 0 Å². The molecule has 1 aliphatic rings. The van der Waals surface area contributed by atoms with Gasteiger partial charge in [0.2, 0.25) is 0 Å². The predicted octanol–water partition coefficient (Wildman–Crippen LogP) is 2.53. The van der Waals surface area contributed by atoms with Crippen LogP contribution in [0, 0.1) is 0 Å². The van der Waals surface area contributed by atoms with Crippen molar-refractivity contribution >= 4 is 5.96 Å². The summed E-state index contributed by atoms with van der Waals surface area (Å²) in [5.41, 5.74) is 2.50. The standard InChI is InChI=1S/C21H32N6/c1-4-22-21(23-15-20-10-12-24-26(20)3)25-19-11-13-27(17(2)14-19)16-18-8-6-5-7-9-18/h5-10,12,17,19H,4,11,13-16H2,1-3H3,(H2,22,23,25). The van der Waals surface area contributed by atoms with Crippen LogP contribution in [-0.4, -0.2) is 45.8 Å². The highest BCUT2D eigenvalue weighted by Crippen LogP contribution is 2.20. The summed E-state index contributed by atoms with van der Waals surface area (Å²) in [6.45, 7) is 8.06. The summed E-state index contributed by atoms with van der Waals surface area (Å²) < 4.78 is 1.87. The van der Waals surface area contributed by atoms with Crippen molar-refractivity contribution in [1.29, 1.82) is 0 Å². The van der Waals surface area contributed by atoms with Crippen molar-refractivity contribution in [3.63, 3.8) is 0 Å². The van der Waals surface area contributed by atoms with Crippen LogP contribution in [0.1, 0.15) is 37.9 Å². The molecule has 2 heterocycles. The smallest absolute Gasteiger partial charge is 0.191 e. The van der Waals surface area contributed by atoms with E-state index in [0.717, 1.165) is 44.1 Å². The number of rotatable bonds is 6. The zero-order chi connectivity index (χ0) is 19.1. The maximum atomic E-state index is 4.74. The Bertz CT molecular complexity index is 723. The molecule has 0 radical (unpaired) electrons. The monoisotopic (exact) mass is 368 g/mol. The van der Waals surface area contributed by atoms with Gasteiger partial charge in [0.25, 0.3) is 0 Å². The molecule has 2 atom stereocenters. The number of likely N-dealkylation sites (tertiary alicyclic amines) is 1. The Kier molecular flexibility index (Phi) is 6.87. The molecule has 0 saturated carbocycles. The lowest BCUT2D eigenvalue weighted by atomic mass is 9.97. The number of nitrogens with zero attached hydrogens (tertiary/aromatic N) is 4. The molecule has 2 N–H and O–H groups in total. The highest BCUT2D eigenvalue weighted by Gasteiger charge is 2.25. The van der Waals surface area contributed by atoms with Crippen molar-refractivity contribution in [3.05, 3.63) is 53.9 Å². The number of nitrogens with one attached hydrogen (secondary N) is 2. The molecule has 3 rings (SSSR count). The Morgan fingerprint density at radius 3 is 2.74 bits per heavy atom. The van der Waals surface area contributed by atoms with E-state index in [1.165, 1.54) is 5.56 Å². The number of piperidine rings is 1. The Morgan fingerprint density at radius 2 is 2.07 bits per heavy atom. The molecule has 1 aliphatic heterocycles. The topological polar surface area (TPSA) is 57.5 Å². The molecule has 1 aromatic carbocycles. The molecule has 1 fully saturated rings. The third kappa shape index (κ3) is 5.57. The minimum atomic E-state index is 0.455. The molecule has 1 saturated heterocycles.